The van der Waals surface area contributed by atoms with E-state index in [1.165, 1.54) is 0 Å². The van der Waals surface area contributed by atoms with Crippen LogP contribution in [0.25, 0.3) is 0 Å². The summed E-state index contributed by atoms with van der Waals surface area (Å²) in [4.78, 5) is -0.919. The minimum absolute atomic E-state index is 0.0326. The predicted molar refractivity (Wildman–Crippen MR) is 72.7 cm³/mol. The van der Waals surface area contributed by atoms with Crippen molar-refractivity contribution in [2.45, 2.75) is 30.0 Å². The monoisotopic (exact) mass is 342 g/mol. The predicted octanol–water partition coefficient (Wildman–Crippen LogP) is 2.39. The molecule has 0 bridgehead atoms. The molecule has 4 nitrogen and oxygen atoms in total. The molecule has 1 aliphatic heterocycles. The van der Waals surface area contributed by atoms with Gasteiger partial charge in [0.15, 0.2) is 0 Å². The summed E-state index contributed by atoms with van der Waals surface area (Å²) < 4.78 is 65.3. The molecule has 0 radical (unpaired) electrons. The number of alkyl halides is 3. The van der Waals surface area contributed by atoms with Crippen molar-refractivity contribution in [1.82, 2.24) is 10.0 Å². The summed E-state index contributed by atoms with van der Waals surface area (Å²) in [5, 5.41) is 2.61. The topological polar surface area (TPSA) is 58.2 Å². The zero-order valence-corrected chi connectivity index (χ0v) is 12.4. The zero-order chi connectivity index (χ0) is 15.7. The molecule has 0 amide bonds. The molecule has 21 heavy (non-hydrogen) atoms. The summed E-state index contributed by atoms with van der Waals surface area (Å²) in [5.41, 5.74) is -1.26. The van der Waals surface area contributed by atoms with Gasteiger partial charge in [0.2, 0.25) is 10.0 Å². The lowest BCUT2D eigenvalue weighted by molar-refractivity contribution is -0.139. The molecule has 1 atom stereocenters. The van der Waals surface area contributed by atoms with Gasteiger partial charge in [0.25, 0.3) is 0 Å². The van der Waals surface area contributed by atoms with Crippen LogP contribution in [-0.2, 0) is 16.2 Å². The molecular weight excluding hydrogens is 329 g/mol. The quantitative estimate of drug-likeness (QED) is 0.883. The van der Waals surface area contributed by atoms with Crippen molar-refractivity contribution in [3.05, 3.63) is 28.8 Å². The van der Waals surface area contributed by atoms with E-state index in [4.69, 9.17) is 11.6 Å². The molecule has 0 aliphatic carbocycles. The first-order valence-corrected chi connectivity index (χ1v) is 8.16. The van der Waals surface area contributed by atoms with Crippen molar-refractivity contribution in [3.8, 4) is 0 Å². The summed E-state index contributed by atoms with van der Waals surface area (Å²) >= 11 is 5.68. The molecule has 2 N–H and O–H groups in total. The van der Waals surface area contributed by atoms with Crippen LogP contribution in [0.15, 0.2) is 23.1 Å². The van der Waals surface area contributed by atoms with Crippen LogP contribution in [0, 0.1) is 0 Å². The Balaban J connectivity index is 2.30. The summed E-state index contributed by atoms with van der Waals surface area (Å²) in [7, 11) is -4.33. The summed E-state index contributed by atoms with van der Waals surface area (Å²) in [6.45, 7) is 0.803. The number of halogens is 4. The Bertz CT molecular complexity index is 613. The Hall–Kier alpha value is -0.830. The van der Waals surface area contributed by atoms with E-state index in [0.717, 1.165) is 31.5 Å². The number of nitrogens with one attached hydrogen (secondary N) is 2. The van der Waals surface area contributed by atoms with Crippen molar-refractivity contribution in [3.63, 3.8) is 0 Å². The standard InChI is InChI=1S/C12H14ClF3N2O2S/c13-10-5-1-4-9(12(14,15)16)11(10)21(19,20)18-7-8-3-2-6-17-8/h1,4-5,8,17-18H,2-3,6-7H2. The first-order chi connectivity index (χ1) is 9.72. The molecule has 1 heterocycles. The highest BCUT2D eigenvalue weighted by molar-refractivity contribution is 7.89. The molecule has 2 rings (SSSR count). The van der Waals surface area contributed by atoms with Gasteiger partial charge in [-0.2, -0.15) is 13.2 Å². The molecule has 0 saturated carbocycles. The van der Waals surface area contributed by atoms with Gasteiger partial charge >= 0.3 is 6.18 Å². The molecule has 1 aliphatic rings. The number of hydrogen-bond acceptors (Lipinski definition) is 3. The Kier molecular flexibility index (Phi) is 4.82. The Morgan fingerprint density at radius 1 is 1.38 bits per heavy atom. The molecule has 1 fully saturated rings. The summed E-state index contributed by atoms with van der Waals surface area (Å²) in [6, 6.07) is 2.83. The van der Waals surface area contributed by atoms with Crippen LogP contribution in [0.4, 0.5) is 13.2 Å². The second kappa shape index (κ2) is 6.12. The van der Waals surface area contributed by atoms with Gasteiger partial charge in [-0.05, 0) is 31.5 Å². The number of benzene rings is 1. The van der Waals surface area contributed by atoms with E-state index in [1.807, 2.05) is 0 Å². The molecule has 1 saturated heterocycles. The molecular formula is C12H14ClF3N2O2S. The SMILES string of the molecule is O=S(=O)(NCC1CCCN1)c1c(Cl)cccc1C(F)(F)F. The summed E-state index contributed by atoms with van der Waals surface area (Å²) in [6.07, 6.45) is -3.11. The highest BCUT2D eigenvalue weighted by Gasteiger charge is 2.38. The van der Waals surface area contributed by atoms with Crippen molar-refractivity contribution < 1.29 is 21.6 Å². The van der Waals surface area contributed by atoms with Crippen molar-refractivity contribution in [2.24, 2.45) is 0 Å². The first-order valence-electron chi connectivity index (χ1n) is 6.30. The lowest BCUT2D eigenvalue weighted by atomic mass is 10.2. The third-order valence-corrected chi connectivity index (χ3v) is 5.17. The van der Waals surface area contributed by atoms with E-state index in [-0.39, 0.29) is 12.6 Å². The van der Waals surface area contributed by atoms with E-state index < -0.39 is 31.7 Å². The lowest BCUT2D eigenvalue weighted by Gasteiger charge is -2.16. The minimum Gasteiger partial charge on any atom is -0.313 e. The number of hydrogen-bond donors (Lipinski definition) is 2. The molecule has 0 spiro atoms. The average molecular weight is 343 g/mol. The van der Waals surface area contributed by atoms with E-state index in [9.17, 15) is 21.6 Å². The van der Waals surface area contributed by atoms with Crippen molar-refractivity contribution in [1.29, 1.82) is 0 Å². The third-order valence-electron chi connectivity index (χ3n) is 3.22. The number of rotatable bonds is 4. The zero-order valence-electron chi connectivity index (χ0n) is 10.9. The van der Waals surface area contributed by atoms with Gasteiger partial charge in [0, 0.05) is 12.6 Å². The Morgan fingerprint density at radius 3 is 2.67 bits per heavy atom. The molecule has 1 aromatic carbocycles. The van der Waals surface area contributed by atoms with Crippen LogP contribution >= 0.6 is 11.6 Å². The Morgan fingerprint density at radius 2 is 2.10 bits per heavy atom. The third kappa shape index (κ3) is 3.88. The fraction of sp³-hybridized carbons (Fsp3) is 0.500. The maximum absolute atomic E-state index is 12.9. The molecule has 118 valence electrons. The second-order valence-electron chi connectivity index (χ2n) is 4.76. The minimum atomic E-state index is -4.79. The van der Waals surface area contributed by atoms with Gasteiger partial charge in [-0.3, -0.25) is 0 Å². The fourth-order valence-electron chi connectivity index (χ4n) is 2.22. The normalized spacial score (nSPS) is 19.9. The van der Waals surface area contributed by atoms with Gasteiger partial charge in [0.05, 0.1) is 10.6 Å². The smallest absolute Gasteiger partial charge is 0.313 e. The average Bonchev–Trinajstić information content (AvgIpc) is 2.88. The Labute approximate surface area is 125 Å². The van der Waals surface area contributed by atoms with Gasteiger partial charge in [0.1, 0.15) is 4.90 Å². The van der Waals surface area contributed by atoms with Gasteiger partial charge in [-0.15, -0.1) is 0 Å². The highest BCUT2D eigenvalue weighted by Crippen LogP contribution is 2.37. The van der Waals surface area contributed by atoms with Gasteiger partial charge < -0.3 is 5.32 Å². The van der Waals surface area contributed by atoms with E-state index in [0.29, 0.717) is 6.07 Å². The fourth-order valence-corrected chi connectivity index (χ4v) is 4.06. The molecule has 1 unspecified atom stereocenters. The highest BCUT2D eigenvalue weighted by atomic mass is 35.5. The lowest BCUT2D eigenvalue weighted by Crippen LogP contribution is -2.37. The van der Waals surface area contributed by atoms with Crippen LogP contribution in [0.2, 0.25) is 5.02 Å². The maximum Gasteiger partial charge on any atom is 0.417 e. The van der Waals surface area contributed by atoms with Crippen molar-refractivity contribution >= 4 is 21.6 Å². The van der Waals surface area contributed by atoms with Crippen LogP contribution < -0.4 is 10.0 Å². The van der Waals surface area contributed by atoms with E-state index in [2.05, 4.69) is 10.0 Å². The summed E-state index contributed by atoms with van der Waals surface area (Å²) in [5.74, 6) is 0. The second-order valence-corrected chi connectivity index (χ2v) is 6.87. The van der Waals surface area contributed by atoms with Crippen LogP contribution in [-0.4, -0.2) is 27.5 Å². The number of sulfonamides is 1. The first kappa shape index (κ1) is 16.5. The maximum atomic E-state index is 12.9. The van der Waals surface area contributed by atoms with Crippen LogP contribution in [0.5, 0.6) is 0 Å². The van der Waals surface area contributed by atoms with E-state index in [1.54, 1.807) is 0 Å². The molecule has 9 heteroatoms. The van der Waals surface area contributed by atoms with Gasteiger partial charge in [-0.25, -0.2) is 13.1 Å². The largest absolute Gasteiger partial charge is 0.417 e. The molecule has 0 aromatic heterocycles. The van der Waals surface area contributed by atoms with Gasteiger partial charge in [-0.1, -0.05) is 17.7 Å². The van der Waals surface area contributed by atoms with E-state index >= 15 is 0 Å². The van der Waals surface area contributed by atoms with Crippen molar-refractivity contribution in [2.75, 3.05) is 13.1 Å². The van der Waals surface area contributed by atoms with Crippen LogP contribution in [0.3, 0.4) is 0 Å². The van der Waals surface area contributed by atoms with Crippen LogP contribution in [0.1, 0.15) is 18.4 Å². The molecule has 1 aromatic rings.